The number of ether oxygens (including phenoxy) is 1. The van der Waals surface area contributed by atoms with E-state index in [4.69, 9.17) is 22.1 Å². The van der Waals surface area contributed by atoms with E-state index in [1.54, 1.807) is 12.1 Å². The number of rotatable bonds is 4. The van der Waals surface area contributed by atoms with Crippen molar-refractivity contribution in [3.8, 4) is 5.75 Å². The second-order valence-corrected chi connectivity index (χ2v) is 6.24. The van der Waals surface area contributed by atoms with Gasteiger partial charge in [0.15, 0.2) is 6.61 Å². The summed E-state index contributed by atoms with van der Waals surface area (Å²) in [5.41, 5.74) is 6.88. The van der Waals surface area contributed by atoms with E-state index in [9.17, 15) is 4.79 Å². The minimum Gasteiger partial charge on any atom is -0.483 e. The van der Waals surface area contributed by atoms with Crippen LogP contribution in [-0.4, -0.2) is 36.5 Å². The Morgan fingerprint density at radius 2 is 2.33 bits per heavy atom. The van der Waals surface area contributed by atoms with Crippen LogP contribution in [0.25, 0.3) is 0 Å². The molecule has 1 aliphatic rings. The molecular formula is C16H23ClN2O2. The molecule has 2 rings (SSSR count). The number of aryl methyl sites for hydroxylation is 1. The zero-order valence-corrected chi connectivity index (χ0v) is 13.4. The van der Waals surface area contributed by atoms with Crippen LogP contribution < -0.4 is 10.5 Å². The largest absolute Gasteiger partial charge is 0.483 e. The first-order valence-electron chi connectivity index (χ1n) is 7.39. The number of nitrogens with zero attached hydrogens (tertiary/aromatic N) is 1. The first-order valence-corrected chi connectivity index (χ1v) is 7.77. The van der Waals surface area contributed by atoms with Crippen LogP contribution in [0.4, 0.5) is 0 Å². The predicted molar refractivity (Wildman–Crippen MR) is 84.6 cm³/mol. The summed E-state index contributed by atoms with van der Waals surface area (Å²) in [6.45, 7) is 5.52. The van der Waals surface area contributed by atoms with Gasteiger partial charge >= 0.3 is 0 Å². The molecule has 1 aromatic rings. The Bertz CT molecular complexity index is 505. The second kappa shape index (κ2) is 7.14. The fraction of sp³-hybridized carbons (Fsp3) is 0.562. The van der Waals surface area contributed by atoms with Crippen LogP contribution >= 0.6 is 11.6 Å². The number of likely N-dealkylation sites (tertiary alicyclic amines) is 1. The molecule has 0 spiro atoms. The molecule has 1 aliphatic heterocycles. The van der Waals surface area contributed by atoms with Crippen molar-refractivity contribution in [2.45, 2.75) is 32.7 Å². The van der Waals surface area contributed by atoms with Crippen molar-refractivity contribution in [2.75, 3.05) is 19.7 Å². The van der Waals surface area contributed by atoms with Crippen LogP contribution in [0.3, 0.4) is 0 Å². The molecule has 116 valence electrons. The lowest BCUT2D eigenvalue weighted by Gasteiger charge is -2.34. The first kappa shape index (κ1) is 16.1. The average molecular weight is 311 g/mol. The quantitative estimate of drug-likeness (QED) is 0.930. The maximum atomic E-state index is 12.3. The van der Waals surface area contributed by atoms with Gasteiger partial charge in [-0.1, -0.05) is 11.6 Å². The van der Waals surface area contributed by atoms with Gasteiger partial charge in [-0.25, -0.2) is 0 Å². The van der Waals surface area contributed by atoms with Crippen molar-refractivity contribution in [2.24, 2.45) is 11.7 Å². The molecule has 2 atom stereocenters. The Balaban J connectivity index is 1.89. The Hall–Kier alpha value is -1.26. The Morgan fingerprint density at radius 3 is 3.00 bits per heavy atom. The van der Waals surface area contributed by atoms with E-state index in [1.807, 2.05) is 24.8 Å². The van der Waals surface area contributed by atoms with Crippen LogP contribution in [-0.2, 0) is 4.79 Å². The van der Waals surface area contributed by atoms with Gasteiger partial charge in [-0.3, -0.25) is 4.79 Å². The molecule has 1 fully saturated rings. The Kier molecular flexibility index (Phi) is 5.48. The molecule has 1 amide bonds. The predicted octanol–water partition coefficient (Wildman–Crippen LogP) is 2.61. The highest BCUT2D eigenvalue weighted by Crippen LogP contribution is 2.22. The van der Waals surface area contributed by atoms with E-state index in [2.05, 4.69) is 0 Å². The summed E-state index contributed by atoms with van der Waals surface area (Å²) in [6.07, 6.45) is 2.11. The number of hydrogen-bond donors (Lipinski definition) is 1. The van der Waals surface area contributed by atoms with Crippen molar-refractivity contribution in [3.63, 3.8) is 0 Å². The van der Waals surface area contributed by atoms with E-state index >= 15 is 0 Å². The van der Waals surface area contributed by atoms with Crippen molar-refractivity contribution >= 4 is 17.5 Å². The van der Waals surface area contributed by atoms with Gasteiger partial charge in [0.25, 0.3) is 5.91 Å². The van der Waals surface area contributed by atoms with Crippen molar-refractivity contribution < 1.29 is 9.53 Å². The highest BCUT2D eigenvalue weighted by atomic mass is 35.5. The number of hydrogen-bond acceptors (Lipinski definition) is 3. The summed E-state index contributed by atoms with van der Waals surface area (Å²) < 4.78 is 5.62. The SMILES string of the molecule is Cc1cc(Cl)ccc1OCC(=O)N1CCCC(C(C)N)C1. The van der Waals surface area contributed by atoms with Crippen molar-refractivity contribution in [3.05, 3.63) is 28.8 Å². The molecule has 21 heavy (non-hydrogen) atoms. The smallest absolute Gasteiger partial charge is 0.260 e. The fourth-order valence-electron chi connectivity index (χ4n) is 2.67. The molecule has 4 nitrogen and oxygen atoms in total. The third kappa shape index (κ3) is 4.35. The van der Waals surface area contributed by atoms with E-state index in [1.165, 1.54) is 0 Å². The molecule has 1 saturated heterocycles. The number of amides is 1. The molecule has 2 unspecified atom stereocenters. The minimum absolute atomic E-state index is 0.0229. The van der Waals surface area contributed by atoms with E-state index < -0.39 is 0 Å². The lowest BCUT2D eigenvalue weighted by atomic mass is 9.92. The lowest BCUT2D eigenvalue weighted by Crippen LogP contribution is -2.46. The van der Waals surface area contributed by atoms with E-state index in [-0.39, 0.29) is 18.6 Å². The molecule has 0 saturated carbocycles. The summed E-state index contributed by atoms with van der Waals surface area (Å²) in [5.74, 6) is 1.11. The molecule has 2 N–H and O–H groups in total. The molecule has 1 aromatic carbocycles. The van der Waals surface area contributed by atoms with E-state index in [0.29, 0.717) is 16.7 Å². The zero-order chi connectivity index (χ0) is 15.4. The van der Waals surface area contributed by atoms with Crippen LogP contribution in [0, 0.1) is 12.8 Å². The van der Waals surface area contributed by atoms with E-state index in [0.717, 1.165) is 31.5 Å². The Labute approximate surface area is 131 Å². The topological polar surface area (TPSA) is 55.6 Å². The molecule has 1 heterocycles. The average Bonchev–Trinajstić information content (AvgIpc) is 2.46. The van der Waals surface area contributed by atoms with Gasteiger partial charge in [-0.05, 0) is 56.4 Å². The van der Waals surface area contributed by atoms with Gasteiger partial charge in [0.1, 0.15) is 5.75 Å². The maximum absolute atomic E-state index is 12.3. The summed E-state index contributed by atoms with van der Waals surface area (Å²) in [6, 6.07) is 5.52. The number of carbonyl (C=O) groups excluding carboxylic acids is 1. The third-order valence-electron chi connectivity index (χ3n) is 4.04. The van der Waals surface area contributed by atoms with Gasteiger partial charge in [0, 0.05) is 24.2 Å². The molecule has 0 radical (unpaired) electrons. The molecule has 0 bridgehead atoms. The summed E-state index contributed by atoms with van der Waals surface area (Å²) in [7, 11) is 0. The minimum atomic E-state index is 0.0229. The van der Waals surface area contributed by atoms with Crippen LogP contribution in [0.1, 0.15) is 25.3 Å². The monoisotopic (exact) mass is 310 g/mol. The molecule has 0 aromatic heterocycles. The number of carbonyl (C=O) groups is 1. The van der Waals surface area contributed by atoms with Gasteiger partial charge in [-0.15, -0.1) is 0 Å². The van der Waals surface area contributed by atoms with Crippen LogP contribution in [0.2, 0.25) is 5.02 Å². The van der Waals surface area contributed by atoms with Crippen LogP contribution in [0.5, 0.6) is 5.75 Å². The Morgan fingerprint density at radius 1 is 1.57 bits per heavy atom. The van der Waals surface area contributed by atoms with Crippen molar-refractivity contribution in [1.29, 1.82) is 0 Å². The molecular weight excluding hydrogens is 288 g/mol. The zero-order valence-electron chi connectivity index (χ0n) is 12.6. The second-order valence-electron chi connectivity index (χ2n) is 5.80. The highest BCUT2D eigenvalue weighted by Gasteiger charge is 2.25. The fourth-order valence-corrected chi connectivity index (χ4v) is 2.90. The van der Waals surface area contributed by atoms with Gasteiger partial charge in [0.2, 0.25) is 0 Å². The lowest BCUT2D eigenvalue weighted by molar-refractivity contribution is -0.135. The third-order valence-corrected chi connectivity index (χ3v) is 4.28. The number of piperidine rings is 1. The molecule has 0 aliphatic carbocycles. The highest BCUT2D eigenvalue weighted by molar-refractivity contribution is 6.30. The summed E-state index contributed by atoms with van der Waals surface area (Å²) >= 11 is 5.90. The summed E-state index contributed by atoms with van der Waals surface area (Å²) in [4.78, 5) is 14.1. The normalized spacial score (nSPS) is 20.2. The summed E-state index contributed by atoms with van der Waals surface area (Å²) in [5, 5.41) is 0.669. The standard InChI is InChI=1S/C16H23ClN2O2/c1-11-8-14(17)5-6-15(11)21-10-16(20)19-7-3-4-13(9-19)12(2)18/h5-6,8,12-13H,3-4,7,9-10,18H2,1-2H3. The number of benzene rings is 1. The number of halogens is 1. The van der Waals surface area contributed by atoms with Crippen LogP contribution in [0.15, 0.2) is 18.2 Å². The maximum Gasteiger partial charge on any atom is 0.260 e. The molecule has 5 heteroatoms. The van der Waals surface area contributed by atoms with Gasteiger partial charge in [-0.2, -0.15) is 0 Å². The first-order chi connectivity index (χ1) is 9.97. The number of nitrogens with two attached hydrogens (primary N) is 1. The van der Waals surface area contributed by atoms with Gasteiger partial charge in [0.05, 0.1) is 0 Å². The van der Waals surface area contributed by atoms with Gasteiger partial charge < -0.3 is 15.4 Å². The van der Waals surface area contributed by atoms with Crippen molar-refractivity contribution in [1.82, 2.24) is 4.90 Å².